The molecular weight excluding hydrogens is 330 g/mol. The highest BCUT2D eigenvalue weighted by atomic mass is 32.1. The molecule has 0 spiro atoms. The third kappa shape index (κ3) is 5.13. The van der Waals surface area contributed by atoms with Crippen molar-refractivity contribution in [2.24, 2.45) is 5.92 Å². The lowest BCUT2D eigenvalue weighted by Crippen LogP contribution is -2.35. The van der Waals surface area contributed by atoms with Gasteiger partial charge in [0.25, 0.3) is 0 Å². The highest BCUT2D eigenvalue weighted by Crippen LogP contribution is 2.22. The predicted octanol–water partition coefficient (Wildman–Crippen LogP) is 3.51. The van der Waals surface area contributed by atoms with E-state index < -0.39 is 0 Å². The van der Waals surface area contributed by atoms with Crippen LogP contribution in [0.1, 0.15) is 31.0 Å². The average molecular weight is 356 g/mol. The zero-order valence-electron chi connectivity index (χ0n) is 14.8. The van der Waals surface area contributed by atoms with E-state index in [4.69, 9.17) is 12.2 Å². The van der Waals surface area contributed by atoms with Gasteiger partial charge in [-0.15, -0.1) is 0 Å². The molecule has 0 aliphatic carbocycles. The molecule has 6 heteroatoms. The van der Waals surface area contributed by atoms with Gasteiger partial charge in [0.15, 0.2) is 5.11 Å². The molecule has 0 saturated carbocycles. The van der Waals surface area contributed by atoms with Gasteiger partial charge in [-0.3, -0.25) is 0 Å². The quantitative estimate of drug-likeness (QED) is 0.819. The molecule has 0 radical (unpaired) electrons. The van der Waals surface area contributed by atoms with E-state index >= 15 is 0 Å². The van der Waals surface area contributed by atoms with Gasteiger partial charge in [-0.25, -0.2) is 4.98 Å². The molecule has 2 N–H and O–H groups in total. The van der Waals surface area contributed by atoms with Crippen molar-refractivity contribution in [1.82, 2.24) is 15.3 Å². The number of thiocarbonyl (C=S) groups is 1. The summed E-state index contributed by atoms with van der Waals surface area (Å²) in [5, 5.41) is 6.85. The summed E-state index contributed by atoms with van der Waals surface area (Å²) in [5.41, 5.74) is 2.12. The Bertz CT molecular complexity index is 719. The molecule has 0 bridgehead atoms. The topological polar surface area (TPSA) is 53.1 Å². The molecule has 5 nitrogen and oxygen atoms in total. The SMILES string of the molecule is Cc1cc(N2CCC[C@H](C)C2)nc(NC(=S)NCc2ccccc2)n1. The van der Waals surface area contributed by atoms with E-state index in [-0.39, 0.29) is 0 Å². The summed E-state index contributed by atoms with van der Waals surface area (Å²) in [7, 11) is 0. The fourth-order valence-electron chi connectivity index (χ4n) is 3.09. The minimum absolute atomic E-state index is 0.535. The van der Waals surface area contributed by atoms with Crippen molar-refractivity contribution in [3.8, 4) is 0 Å². The zero-order chi connectivity index (χ0) is 17.6. The summed E-state index contributed by atoms with van der Waals surface area (Å²) in [6.45, 7) is 7.06. The van der Waals surface area contributed by atoms with Gasteiger partial charge in [0.1, 0.15) is 5.82 Å². The normalized spacial score (nSPS) is 17.2. The van der Waals surface area contributed by atoms with Crippen molar-refractivity contribution in [1.29, 1.82) is 0 Å². The Balaban J connectivity index is 1.62. The van der Waals surface area contributed by atoms with Crippen LogP contribution in [-0.2, 0) is 6.54 Å². The lowest BCUT2D eigenvalue weighted by Gasteiger charge is -2.32. The highest BCUT2D eigenvalue weighted by Gasteiger charge is 2.18. The molecule has 0 amide bonds. The molecule has 0 unspecified atom stereocenters. The van der Waals surface area contributed by atoms with Crippen LogP contribution >= 0.6 is 12.2 Å². The van der Waals surface area contributed by atoms with Crippen molar-refractivity contribution in [2.75, 3.05) is 23.3 Å². The van der Waals surface area contributed by atoms with Gasteiger partial charge in [0.05, 0.1) is 0 Å². The molecule has 1 atom stereocenters. The zero-order valence-corrected chi connectivity index (χ0v) is 15.6. The molecule has 25 heavy (non-hydrogen) atoms. The lowest BCUT2D eigenvalue weighted by molar-refractivity contribution is 0.444. The third-order valence-corrected chi connectivity index (χ3v) is 4.59. The van der Waals surface area contributed by atoms with E-state index in [0.29, 0.717) is 23.5 Å². The number of nitrogens with one attached hydrogen (secondary N) is 2. The summed E-state index contributed by atoms with van der Waals surface area (Å²) < 4.78 is 0. The van der Waals surface area contributed by atoms with E-state index in [1.54, 1.807) is 0 Å². The molecule has 1 aromatic heterocycles. The number of rotatable bonds is 4. The van der Waals surface area contributed by atoms with Crippen molar-refractivity contribution < 1.29 is 0 Å². The number of aromatic nitrogens is 2. The Morgan fingerprint density at radius 1 is 1.28 bits per heavy atom. The van der Waals surface area contributed by atoms with Gasteiger partial charge < -0.3 is 15.5 Å². The molecule has 132 valence electrons. The van der Waals surface area contributed by atoms with E-state index in [1.807, 2.05) is 31.2 Å². The van der Waals surface area contributed by atoms with Crippen LogP contribution < -0.4 is 15.5 Å². The van der Waals surface area contributed by atoms with Crippen molar-refractivity contribution in [3.05, 3.63) is 47.7 Å². The summed E-state index contributed by atoms with van der Waals surface area (Å²) >= 11 is 5.38. The molecule has 1 aromatic carbocycles. The standard InChI is InChI=1S/C19H25N5S/c1-14-7-6-10-24(13-14)17-11-15(2)21-18(22-17)23-19(25)20-12-16-8-4-3-5-9-16/h3-5,8-9,11,14H,6-7,10,12-13H2,1-2H3,(H2,20,21,22,23,25)/t14-/m0/s1. The summed E-state index contributed by atoms with van der Waals surface area (Å²) in [6.07, 6.45) is 2.50. The lowest BCUT2D eigenvalue weighted by atomic mass is 10.0. The Kier molecular flexibility index (Phi) is 5.81. The second kappa shape index (κ2) is 8.25. The first-order valence-electron chi connectivity index (χ1n) is 8.79. The Morgan fingerprint density at radius 3 is 2.84 bits per heavy atom. The minimum atomic E-state index is 0.535. The van der Waals surface area contributed by atoms with Crippen LogP contribution in [0.3, 0.4) is 0 Å². The summed E-state index contributed by atoms with van der Waals surface area (Å²) in [5.74, 6) is 2.24. The number of benzene rings is 1. The molecule has 3 rings (SSSR count). The van der Waals surface area contributed by atoms with Gasteiger partial charge in [-0.2, -0.15) is 4.98 Å². The van der Waals surface area contributed by atoms with Gasteiger partial charge in [0, 0.05) is 31.4 Å². The Labute approximate surface area is 154 Å². The summed E-state index contributed by atoms with van der Waals surface area (Å²) in [4.78, 5) is 11.5. The average Bonchev–Trinajstić information content (AvgIpc) is 2.60. The van der Waals surface area contributed by atoms with Crippen LogP contribution in [0.15, 0.2) is 36.4 Å². The van der Waals surface area contributed by atoms with Crippen molar-refractivity contribution >= 4 is 29.1 Å². The number of hydrogen-bond acceptors (Lipinski definition) is 4. The molecule has 2 heterocycles. The smallest absolute Gasteiger partial charge is 0.231 e. The highest BCUT2D eigenvalue weighted by molar-refractivity contribution is 7.80. The Morgan fingerprint density at radius 2 is 2.08 bits per heavy atom. The number of hydrogen-bond donors (Lipinski definition) is 2. The maximum atomic E-state index is 5.38. The maximum absolute atomic E-state index is 5.38. The minimum Gasteiger partial charge on any atom is -0.358 e. The second-order valence-corrected chi connectivity index (χ2v) is 7.09. The molecule has 1 fully saturated rings. The molecule has 2 aromatic rings. The van der Waals surface area contributed by atoms with Crippen LogP contribution in [-0.4, -0.2) is 28.2 Å². The van der Waals surface area contributed by atoms with E-state index in [2.05, 4.69) is 44.6 Å². The van der Waals surface area contributed by atoms with Gasteiger partial charge in [-0.1, -0.05) is 37.3 Å². The van der Waals surface area contributed by atoms with Crippen molar-refractivity contribution in [3.63, 3.8) is 0 Å². The van der Waals surface area contributed by atoms with Gasteiger partial charge >= 0.3 is 0 Å². The van der Waals surface area contributed by atoms with Crippen LogP contribution in [0.5, 0.6) is 0 Å². The molecule has 1 aliphatic heterocycles. The predicted molar refractivity (Wildman–Crippen MR) is 107 cm³/mol. The van der Waals surface area contributed by atoms with Crippen LogP contribution in [0, 0.1) is 12.8 Å². The summed E-state index contributed by atoms with van der Waals surface area (Å²) in [6, 6.07) is 12.2. The number of aryl methyl sites for hydroxylation is 1. The number of nitrogens with zero attached hydrogens (tertiary/aromatic N) is 3. The van der Waals surface area contributed by atoms with E-state index in [9.17, 15) is 0 Å². The van der Waals surface area contributed by atoms with E-state index in [1.165, 1.54) is 18.4 Å². The molecule has 1 aliphatic rings. The fraction of sp³-hybridized carbons (Fsp3) is 0.421. The van der Waals surface area contributed by atoms with Gasteiger partial charge in [0.2, 0.25) is 5.95 Å². The van der Waals surface area contributed by atoms with Crippen molar-refractivity contribution in [2.45, 2.75) is 33.2 Å². The first-order valence-corrected chi connectivity index (χ1v) is 9.20. The van der Waals surface area contributed by atoms with Crippen LogP contribution in [0.25, 0.3) is 0 Å². The fourth-order valence-corrected chi connectivity index (χ4v) is 3.25. The molecular formula is C19H25N5S. The number of anilines is 2. The first-order chi connectivity index (χ1) is 12.1. The van der Waals surface area contributed by atoms with E-state index in [0.717, 1.165) is 24.6 Å². The molecule has 1 saturated heterocycles. The largest absolute Gasteiger partial charge is 0.358 e. The van der Waals surface area contributed by atoms with Crippen LogP contribution in [0.2, 0.25) is 0 Å². The monoisotopic (exact) mass is 355 g/mol. The first kappa shape index (κ1) is 17.6. The second-order valence-electron chi connectivity index (χ2n) is 6.68. The van der Waals surface area contributed by atoms with Crippen LogP contribution in [0.4, 0.5) is 11.8 Å². The Hall–Kier alpha value is -2.21. The maximum Gasteiger partial charge on any atom is 0.231 e. The number of piperidine rings is 1. The third-order valence-electron chi connectivity index (χ3n) is 4.34. The van der Waals surface area contributed by atoms with Gasteiger partial charge in [-0.05, 0) is 43.5 Å².